The Morgan fingerprint density at radius 1 is 1.12 bits per heavy atom. The van der Waals surface area contributed by atoms with E-state index in [1.165, 1.54) is 4.90 Å². The Balaban J connectivity index is 1.41. The van der Waals surface area contributed by atoms with E-state index in [0.29, 0.717) is 28.8 Å². The van der Waals surface area contributed by atoms with E-state index in [-0.39, 0.29) is 36.4 Å². The summed E-state index contributed by atoms with van der Waals surface area (Å²) in [5.41, 5.74) is 3.36. The van der Waals surface area contributed by atoms with E-state index >= 15 is 0 Å². The smallest absolute Gasteiger partial charge is 0.330 e. The Bertz CT molecular complexity index is 1800. The molecule has 3 heterocycles. The number of carbonyl (C=O) groups is 3. The molecule has 0 unspecified atom stereocenters. The van der Waals surface area contributed by atoms with E-state index in [1.807, 2.05) is 39.8 Å². The van der Waals surface area contributed by atoms with Crippen LogP contribution < -0.4 is 25.8 Å². The molecule has 4 rings (SSSR count). The number of amides is 4. The molecule has 0 aliphatic carbocycles. The molecule has 1 aliphatic rings. The van der Waals surface area contributed by atoms with E-state index in [9.17, 15) is 24.5 Å². The van der Waals surface area contributed by atoms with Gasteiger partial charge in [-0.25, -0.2) is 9.78 Å². The summed E-state index contributed by atoms with van der Waals surface area (Å²) in [5.74, 6) is -0.627. The highest BCUT2D eigenvalue weighted by atomic mass is 16.6. The normalized spacial score (nSPS) is 12.7. The molecule has 250 valence electrons. The molecule has 0 fully saturated rings. The van der Waals surface area contributed by atoms with E-state index in [0.717, 1.165) is 22.9 Å². The Morgan fingerprint density at radius 3 is 2.52 bits per heavy atom. The fourth-order valence-corrected chi connectivity index (χ4v) is 4.46. The number of carbonyl (C=O) groups excluding carboxylic acids is 3. The molecule has 48 heavy (non-hydrogen) atoms. The summed E-state index contributed by atoms with van der Waals surface area (Å²) in [6, 6.07) is 8.49. The second-order valence-electron chi connectivity index (χ2n) is 11.5. The zero-order valence-corrected chi connectivity index (χ0v) is 27.4. The van der Waals surface area contributed by atoms with Crippen LogP contribution in [0.15, 0.2) is 79.0 Å². The van der Waals surface area contributed by atoms with Crippen LogP contribution in [0.4, 0.5) is 33.6 Å². The average Bonchev–Trinajstić information content (AvgIpc) is 3.05. The minimum absolute atomic E-state index is 0.0679. The Labute approximate surface area is 277 Å². The molecular formula is C33H37N9O6. The number of aryl methyl sites for hydroxylation is 2. The lowest BCUT2D eigenvalue weighted by molar-refractivity contribution is -0.423. The lowest BCUT2D eigenvalue weighted by atomic mass is 10.1. The first-order chi connectivity index (χ1) is 22.7. The van der Waals surface area contributed by atoms with Crippen molar-refractivity contribution in [1.29, 1.82) is 0 Å². The SMILES string of the molecule is C=C(/C=C(/OCC(C)C)C(=C)[N+](=O)[O-])C(=O)NCC(=O)Nc1ccc(C)c(N2Cc3cnc(Nc4ccc(C)nc4)nc3N(C)C2=O)c1. The first-order valence-corrected chi connectivity index (χ1v) is 14.9. The topological polar surface area (TPSA) is 185 Å². The summed E-state index contributed by atoms with van der Waals surface area (Å²) in [6.07, 6.45) is 4.44. The number of fused-ring (bicyclic) bond motifs is 1. The van der Waals surface area contributed by atoms with Crippen molar-refractivity contribution in [2.45, 2.75) is 34.2 Å². The van der Waals surface area contributed by atoms with Gasteiger partial charge in [-0.2, -0.15) is 4.98 Å². The Kier molecular flexibility index (Phi) is 10.8. The highest BCUT2D eigenvalue weighted by Crippen LogP contribution is 2.33. The van der Waals surface area contributed by atoms with Gasteiger partial charge >= 0.3 is 11.7 Å². The first kappa shape index (κ1) is 34.7. The van der Waals surface area contributed by atoms with Crippen molar-refractivity contribution < 1.29 is 24.0 Å². The molecule has 4 amide bonds. The summed E-state index contributed by atoms with van der Waals surface area (Å²) in [6.45, 7) is 14.4. The van der Waals surface area contributed by atoms with Crippen molar-refractivity contribution in [2.24, 2.45) is 5.92 Å². The second kappa shape index (κ2) is 15.0. The van der Waals surface area contributed by atoms with E-state index in [2.05, 4.69) is 44.1 Å². The number of rotatable bonds is 13. The van der Waals surface area contributed by atoms with Crippen LogP contribution >= 0.6 is 0 Å². The minimum Gasteiger partial charge on any atom is -0.487 e. The van der Waals surface area contributed by atoms with Crippen LogP contribution in [0.2, 0.25) is 0 Å². The van der Waals surface area contributed by atoms with Crippen LogP contribution in [-0.4, -0.2) is 57.9 Å². The van der Waals surface area contributed by atoms with Crippen molar-refractivity contribution in [2.75, 3.05) is 40.6 Å². The van der Waals surface area contributed by atoms with Crippen molar-refractivity contribution in [3.8, 4) is 0 Å². The van der Waals surface area contributed by atoms with Gasteiger partial charge < -0.3 is 20.7 Å². The summed E-state index contributed by atoms with van der Waals surface area (Å²) >= 11 is 0. The third-order valence-electron chi connectivity index (χ3n) is 7.04. The minimum atomic E-state index is -0.728. The number of ether oxygens (including phenoxy) is 1. The predicted octanol–water partition coefficient (Wildman–Crippen LogP) is 4.77. The third kappa shape index (κ3) is 8.57. The van der Waals surface area contributed by atoms with Crippen molar-refractivity contribution in [3.63, 3.8) is 0 Å². The number of hydrogen-bond acceptors (Lipinski definition) is 10. The molecule has 0 atom stereocenters. The molecule has 2 aromatic heterocycles. The van der Waals surface area contributed by atoms with Gasteiger partial charge in [-0.1, -0.05) is 26.5 Å². The van der Waals surface area contributed by atoms with Crippen molar-refractivity contribution in [1.82, 2.24) is 20.3 Å². The largest absolute Gasteiger partial charge is 0.487 e. The van der Waals surface area contributed by atoms with Crippen LogP contribution in [0, 0.1) is 29.9 Å². The van der Waals surface area contributed by atoms with Gasteiger partial charge in [0.15, 0.2) is 5.76 Å². The quantitative estimate of drug-likeness (QED) is 0.0762. The van der Waals surface area contributed by atoms with Gasteiger partial charge in [-0.15, -0.1) is 0 Å². The molecular weight excluding hydrogens is 618 g/mol. The number of benzene rings is 1. The molecule has 3 aromatic rings. The molecule has 15 nitrogen and oxygen atoms in total. The Hall–Kier alpha value is -6.12. The third-order valence-corrected chi connectivity index (χ3v) is 7.04. The molecule has 15 heteroatoms. The van der Waals surface area contributed by atoms with Gasteiger partial charge in [0, 0.05) is 35.8 Å². The van der Waals surface area contributed by atoms with Gasteiger partial charge in [0.25, 0.3) is 5.91 Å². The lowest BCUT2D eigenvalue weighted by Crippen LogP contribution is -2.46. The molecule has 0 bridgehead atoms. The zero-order chi connectivity index (χ0) is 35.1. The number of nitrogens with zero attached hydrogens (tertiary/aromatic N) is 6. The van der Waals surface area contributed by atoms with Crippen LogP contribution in [0.1, 0.15) is 30.7 Å². The summed E-state index contributed by atoms with van der Waals surface area (Å²) in [5, 5.41) is 19.4. The second-order valence-corrected chi connectivity index (χ2v) is 11.5. The number of urea groups is 1. The number of hydrogen-bond donors (Lipinski definition) is 3. The van der Waals surface area contributed by atoms with Gasteiger partial charge in [-0.3, -0.25) is 34.5 Å². The van der Waals surface area contributed by atoms with Gasteiger partial charge in [-0.05, 0) is 62.2 Å². The molecule has 0 radical (unpaired) electrons. The average molecular weight is 656 g/mol. The maximum Gasteiger partial charge on any atom is 0.330 e. The maximum absolute atomic E-state index is 13.5. The molecule has 0 spiro atoms. The fourth-order valence-electron chi connectivity index (χ4n) is 4.46. The maximum atomic E-state index is 13.5. The summed E-state index contributed by atoms with van der Waals surface area (Å²) < 4.78 is 5.44. The van der Waals surface area contributed by atoms with E-state index in [1.54, 1.807) is 42.5 Å². The van der Waals surface area contributed by atoms with Gasteiger partial charge in [0.1, 0.15) is 5.82 Å². The van der Waals surface area contributed by atoms with Crippen LogP contribution in [0.25, 0.3) is 0 Å². The lowest BCUT2D eigenvalue weighted by Gasteiger charge is -2.35. The van der Waals surface area contributed by atoms with E-state index < -0.39 is 29.0 Å². The number of aromatic nitrogens is 3. The Morgan fingerprint density at radius 2 is 1.85 bits per heavy atom. The highest BCUT2D eigenvalue weighted by molar-refractivity contribution is 6.06. The monoisotopic (exact) mass is 655 g/mol. The summed E-state index contributed by atoms with van der Waals surface area (Å²) in [4.78, 5) is 65.6. The first-order valence-electron chi connectivity index (χ1n) is 14.9. The van der Waals surface area contributed by atoms with Crippen LogP contribution in [-0.2, 0) is 20.9 Å². The summed E-state index contributed by atoms with van der Waals surface area (Å²) in [7, 11) is 1.62. The van der Waals surface area contributed by atoms with E-state index in [4.69, 9.17) is 4.74 Å². The highest BCUT2D eigenvalue weighted by Gasteiger charge is 2.31. The molecule has 1 aliphatic heterocycles. The standard InChI is InChI=1S/C33H37N9O6/c1-19(2)18-48-28(23(6)42(46)47)12-21(4)31(44)35-16-29(43)37-25-10-8-20(3)27(13-25)41-17-24-14-36-32(39-30(24)40(7)33(41)45)38-26-11-9-22(5)34-15-26/h8-15,19H,4,6,16-18H2,1-3,5,7H3,(H,35,44)(H,37,43)(H,36,38,39)/b28-12+. The number of nitrogens with one attached hydrogen (secondary N) is 3. The van der Waals surface area contributed by atoms with Crippen LogP contribution in [0.3, 0.4) is 0 Å². The fraction of sp³-hybridized carbons (Fsp3) is 0.273. The number of pyridine rings is 1. The van der Waals surface area contributed by atoms with Crippen LogP contribution in [0.5, 0.6) is 0 Å². The molecule has 0 saturated heterocycles. The van der Waals surface area contributed by atoms with Crippen molar-refractivity contribution in [3.05, 3.63) is 106 Å². The predicted molar refractivity (Wildman–Crippen MR) is 181 cm³/mol. The zero-order valence-electron chi connectivity index (χ0n) is 27.4. The van der Waals surface area contributed by atoms with Gasteiger partial charge in [0.2, 0.25) is 11.9 Å². The molecule has 1 aromatic carbocycles. The molecule has 0 saturated carbocycles. The van der Waals surface area contributed by atoms with Crippen molar-refractivity contribution >= 4 is 46.7 Å². The number of anilines is 5. The van der Waals surface area contributed by atoms with Gasteiger partial charge in [0.05, 0.1) is 42.2 Å². The molecule has 3 N–H and O–H groups in total. The number of nitro groups is 1.